The highest BCUT2D eigenvalue weighted by Crippen LogP contribution is 2.42. The van der Waals surface area contributed by atoms with E-state index in [-0.39, 0.29) is 94.4 Å². The summed E-state index contributed by atoms with van der Waals surface area (Å²) in [6.07, 6.45) is 38.4. The van der Waals surface area contributed by atoms with Gasteiger partial charge in [-0.2, -0.15) is 0 Å². The summed E-state index contributed by atoms with van der Waals surface area (Å²) in [5, 5.41) is 40.0. The number of nitrogens with zero attached hydrogens (tertiary/aromatic N) is 4. The van der Waals surface area contributed by atoms with Crippen LogP contribution in [0.5, 0.6) is 0 Å². The molecule has 0 bridgehead atoms. The number of hydrogen-bond donors (Lipinski definition) is 4. The van der Waals surface area contributed by atoms with Crippen molar-refractivity contribution in [3.05, 3.63) is 108 Å². The quantitative estimate of drug-likeness (QED) is 0.0296. The average Bonchev–Trinajstić information content (AvgIpc) is 3.33. The van der Waals surface area contributed by atoms with E-state index < -0.39 is 0 Å². The Morgan fingerprint density at radius 2 is 0.500 bits per heavy atom. The molecule has 1 aromatic carbocycles. The summed E-state index contributed by atoms with van der Waals surface area (Å²) in [6.45, 7) is 13.4. The minimum atomic E-state index is 0. The van der Waals surface area contributed by atoms with Crippen LogP contribution in [0.3, 0.4) is 0 Å². The van der Waals surface area contributed by atoms with Gasteiger partial charge in [0.25, 0.3) is 0 Å². The van der Waals surface area contributed by atoms with Crippen molar-refractivity contribution in [2.24, 2.45) is 0 Å². The number of aromatic nitrogens is 4. The first kappa shape index (κ1) is 65.6. The van der Waals surface area contributed by atoms with Crippen LogP contribution in [0.4, 0.5) is 0 Å². The van der Waals surface area contributed by atoms with Crippen LogP contribution in [0.1, 0.15) is 153 Å². The van der Waals surface area contributed by atoms with E-state index in [4.69, 9.17) is 0 Å². The summed E-state index contributed by atoms with van der Waals surface area (Å²) in [7, 11) is 0. The third kappa shape index (κ3) is 21.2. The number of halogens is 4. The van der Waals surface area contributed by atoms with Crippen LogP contribution in [0.25, 0.3) is 44.5 Å². The van der Waals surface area contributed by atoms with Crippen molar-refractivity contribution in [1.82, 2.24) is 0 Å². The van der Waals surface area contributed by atoms with Crippen LogP contribution in [-0.2, 0) is 51.9 Å². The fraction of sp³-hybridized carbons (Fsp3) is 0.552. The molecule has 12 heteroatoms. The second kappa shape index (κ2) is 37.3. The maximum Gasteiger partial charge on any atom is 0.176 e. The lowest BCUT2D eigenvalue weighted by molar-refractivity contribution is -0.697. The Bertz CT molecular complexity index is 1920. The van der Waals surface area contributed by atoms with Crippen molar-refractivity contribution in [3.63, 3.8) is 0 Å². The van der Waals surface area contributed by atoms with Gasteiger partial charge in [-0.1, -0.05) is 53.4 Å². The van der Waals surface area contributed by atoms with E-state index in [1.165, 1.54) is 92.4 Å². The number of hydrogen-bond acceptors (Lipinski definition) is 4. The third-order valence-electron chi connectivity index (χ3n) is 12.9. The molecule has 0 radical (unpaired) electrons. The number of aryl methyl sites for hydroxylation is 8. The Balaban J connectivity index is 0.00000612. The lowest BCUT2D eigenvalue weighted by Gasteiger charge is -2.18. The van der Waals surface area contributed by atoms with E-state index in [0.29, 0.717) is 25.7 Å². The topological polar surface area (TPSA) is 96.4 Å². The van der Waals surface area contributed by atoms with Gasteiger partial charge in [-0.3, -0.25) is 0 Å². The molecule has 0 spiro atoms. The molecule has 0 amide bonds. The zero-order valence-electron chi connectivity index (χ0n) is 43.0. The zero-order valence-corrected chi connectivity index (χ0v) is 49.3. The van der Waals surface area contributed by atoms with E-state index in [1.54, 1.807) is 0 Å². The molecule has 0 aliphatic rings. The van der Waals surface area contributed by atoms with Gasteiger partial charge in [0.1, 0.15) is 26.2 Å². The van der Waals surface area contributed by atoms with Crippen LogP contribution in [0.15, 0.2) is 86.0 Å². The molecule has 390 valence electrons. The second-order valence-electron chi connectivity index (χ2n) is 18.8. The first-order valence-electron chi connectivity index (χ1n) is 26.1. The van der Waals surface area contributed by atoms with E-state index in [2.05, 4.69) is 132 Å². The molecule has 70 heavy (non-hydrogen) atoms. The molecule has 4 N–H and O–H groups in total. The van der Waals surface area contributed by atoms with Crippen LogP contribution in [0.2, 0.25) is 0 Å². The predicted molar refractivity (Wildman–Crippen MR) is 269 cm³/mol. The molecular weight excluding hydrogens is 1140 g/mol. The number of unbranched alkanes of at least 4 members (excludes halogenated alkanes) is 8. The van der Waals surface area contributed by atoms with Crippen molar-refractivity contribution in [2.75, 3.05) is 26.4 Å². The van der Waals surface area contributed by atoms with Crippen LogP contribution < -0.4 is 86.2 Å². The Morgan fingerprint density at radius 1 is 0.286 bits per heavy atom. The fourth-order valence-corrected chi connectivity index (χ4v) is 9.33. The second-order valence-corrected chi connectivity index (χ2v) is 18.8. The maximum atomic E-state index is 10.0. The molecule has 5 aromatic rings. The van der Waals surface area contributed by atoms with Gasteiger partial charge >= 0.3 is 0 Å². The summed E-state index contributed by atoms with van der Waals surface area (Å²) in [5.74, 6) is 0. The molecule has 0 aliphatic heterocycles. The summed E-state index contributed by atoms with van der Waals surface area (Å²) >= 11 is 0. The lowest BCUT2D eigenvalue weighted by Crippen LogP contribution is -3.00. The standard InChI is InChI=1S/C58H86N4O4.4BrH/c1-5-9-13-25-59-39-47(21-17-29-63)33-51(43-59)55-37-57(53-35-49(23-19-31-65)41-61(45-53)27-15-11-7-3)58(54-36-50(24-20-32-66)42-62(46-54)28-16-12-8-4)38-56(55)52-34-48(22-18-30-64)40-60(44-52)26-14-10-6-2;;;;/h33-46,63-66H,5-32H2,1-4H3;4*1H/q+4;;;;/p-4. The van der Waals surface area contributed by atoms with E-state index in [0.717, 1.165) is 103 Å². The van der Waals surface area contributed by atoms with Crippen LogP contribution in [-0.4, -0.2) is 46.9 Å². The monoisotopic (exact) mass is 1220 g/mol. The highest BCUT2D eigenvalue weighted by Gasteiger charge is 2.24. The van der Waals surface area contributed by atoms with Crippen molar-refractivity contribution in [1.29, 1.82) is 0 Å². The van der Waals surface area contributed by atoms with Crippen LogP contribution >= 0.6 is 0 Å². The number of rotatable bonds is 32. The molecular formula is C58H86Br4N4O4. The van der Waals surface area contributed by atoms with Crippen molar-refractivity contribution in [2.45, 2.75) is 182 Å². The van der Waals surface area contributed by atoms with Crippen molar-refractivity contribution in [3.8, 4) is 44.5 Å². The summed E-state index contributed by atoms with van der Waals surface area (Å²) in [6, 6.07) is 14.4. The van der Waals surface area contributed by atoms with E-state index in [1.807, 2.05) is 0 Å². The van der Waals surface area contributed by atoms with Gasteiger partial charge in [-0.15, -0.1) is 0 Å². The van der Waals surface area contributed by atoms with E-state index in [9.17, 15) is 20.4 Å². The molecule has 0 fully saturated rings. The van der Waals surface area contributed by atoms with Gasteiger partial charge in [0.15, 0.2) is 49.6 Å². The van der Waals surface area contributed by atoms with Gasteiger partial charge in [0.2, 0.25) is 0 Å². The number of aliphatic hydroxyl groups is 4. The molecule has 4 aromatic heterocycles. The maximum absolute atomic E-state index is 10.0. The molecule has 4 heterocycles. The smallest absolute Gasteiger partial charge is 0.176 e. The SMILES string of the molecule is CCCCC[n+]1cc(CCCO)cc(-c2cc(-c3cc(CCCO)c[n+](CCCCC)c3)c(-c3cc(CCCO)c[n+](CCCCC)c3)cc2-c2cc(CCCO)c[n+](CCCCC)c2)c1.[Br-].[Br-].[Br-].[Br-]. The Labute approximate surface area is 464 Å². The Morgan fingerprint density at radius 3 is 0.686 bits per heavy atom. The molecule has 0 unspecified atom stereocenters. The minimum absolute atomic E-state index is 0. The van der Waals surface area contributed by atoms with E-state index >= 15 is 0 Å². The number of pyridine rings is 4. The summed E-state index contributed by atoms with van der Waals surface area (Å²) < 4.78 is 9.55. The zero-order chi connectivity index (χ0) is 46.9. The van der Waals surface area contributed by atoms with Gasteiger partial charge < -0.3 is 88.4 Å². The van der Waals surface area contributed by atoms with Crippen molar-refractivity contribution < 1.29 is 107 Å². The largest absolute Gasteiger partial charge is 1.00 e. The van der Waals surface area contributed by atoms with Gasteiger partial charge in [0, 0.05) is 96.6 Å². The Kier molecular flexibility index (Phi) is 35.0. The molecule has 0 aliphatic carbocycles. The molecule has 5 rings (SSSR count). The minimum Gasteiger partial charge on any atom is -1.00 e. The average molecular weight is 1220 g/mol. The normalized spacial score (nSPS) is 10.9. The Hall–Kier alpha value is -2.42. The van der Waals surface area contributed by atoms with Gasteiger partial charge in [-0.25, -0.2) is 18.3 Å². The molecule has 8 nitrogen and oxygen atoms in total. The molecule has 0 saturated carbocycles. The fourth-order valence-electron chi connectivity index (χ4n) is 9.33. The summed E-state index contributed by atoms with van der Waals surface area (Å²) in [4.78, 5) is 0. The molecule has 0 atom stereocenters. The molecule has 0 saturated heterocycles. The number of aliphatic hydroxyl groups excluding tert-OH is 4. The first-order valence-corrected chi connectivity index (χ1v) is 26.1. The van der Waals surface area contributed by atoms with Crippen LogP contribution in [0, 0.1) is 0 Å². The highest BCUT2D eigenvalue weighted by atomic mass is 79.9. The first-order chi connectivity index (χ1) is 32.4. The van der Waals surface area contributed by atoms with Gasteiger partial charge in [0.05, 0.1) is 0 Å². The van der Waals surface area contributed by atoms with Gasteiger partial charge in [-0.05, 0) is 136 Å². The lowest BCUT2D eigenvalue weighted by atomic mass is 9.85. The van der Waals surface area contributed by atoms with Crippen molar-refractivity contribution >= 4 is 0 Å². The third-order valence-corrected chi connectivity index (χ3v) is 12.9. The predicted octanol–water partition coefficient (Wildman–Crippen LogP) is -2.02. The highest BCUT2D eigenvalue weighted by molar-refractivity contribution is 5.94. The summed E-state index contributed by atoms with van der Waals surface area (Å²) in [5.41, 5.74) is 14.3. The number of benzene rings is 1.